The van der Waals surface area contributed by atoms with Crippen LogP contribution >= 0.6 is 0 Å². The highest BCUT2D eigenvalue weighted by Crippen LogP contribution is 2.46. The maximum atomic E-state index is 11.2. The molecule has 1 fully saturated rings. The van der Waals surface area contributed by atoms with E-state index in [-0.39, 0.29) is 16.7 Å². The lowest BCUT2D eigenvalue weighted by Gasteiger charge is -2.50. The topological polar surface area (TPSA) is 83.1 Å². The summed E-state index contributed by atoms with van der Waals surface area (Å²) in [6.07, 6.45) is 5.25. The number of aromatic nitrogens is 1. The number of hydrogen-bond acceptors (Lipinski definition) is 5. The number of pyridine rings is 1. The zero-order chi connectivity index (χ0) is 17.4. The van der Waals surface area contributed by atoms with Crippen molar-refractivity contribution in [2.24, 2.45) is 0 Å². The normalized spacial score (nSPS) is 24.8. The van der Waals surface area contributed by atoms with Crippen molar-refractivity contribution in [2.75, 3.05) is 11.4 Å². The molecule has 2 aliphatic heterocycles. The maximum Gasteiger partial charge on any atom is 0.269 e. The molecule has 1 saturated heterocycles. The minimum atomic E-state index is -0.774. The Labute approximate surface area is 145 Å². The van der Waals surface area contributed by atoms with Gasteiger partial charge in [-0.3, -0.25) is 15.1 Å². The Balaban J connectivity index is 1.90. The molecule has 0 spiro atoms. The number of hydrogen-bond donors (Lipinski definition) is 0. The quantitative estimate of drug-likeness (QED) is 0.621. The molecule has 4 rings (SSSR count). The molecular formula is C19H18N4O2. The van der Waals surface area contributed by atoms with Crippen LogP contribution in [0, 0.1) is 21.4 Å². The molecule has 3 heterocycles. The molecule has 1 aromatic heterocycles. The van der Waals surface area contributed by atoms with Gasteiger partial charge in [0, 0.05) is 37.0 Å². The van der Waals surface area contributed by atoms with E-state index in [4.69, 9.17) is 0 Å². The van der Waals surface area contributed by atoms with Crippen LogP contribution in [0.5, 0.6) is 0 Å². The number of non-ortho nitro benzene ring substituents is 1. The lowest BCUT2D eigenvalue weighted by Crippen LogP contribution is -2.57. The van der Waals surface area contributed by atoms with Crippen LogP contribution < -0.4 is 4.90 Å². The fourth-order valence-electron chi connectivity index (χ4n) is 4.32. The van der Waals surface area contributed by atoms with Crippen molar-refractivity contribution in [1.29, 1.82) is 5.26 Å². The number of nitro benzene ring substituents is 1. The highest BCUT2D eigenvalue weighted by molar-refractivity contribution is 5.64. The Bertz CT molecular complexity index is 861. The van der Waals surface area contributed by atoms with Crippen LogP contribution in [-0.4, -0.2) is 22.5 Å². The van der Waals surface area contributed by atoms with Crippen LogP contribution in [0.25, 0.3) is 0 Å². The standard InChI is InChI=1S/C19H18N4O2/c20-13-19(17-5-1-3-9-21-17)12-14-11-15(23(24)25)7-8-16(14)22-10-4-2-6-18(19)22/h1,3,5,7-9,11,18H,2,4,6,10,12H2/t18-,19+/m0/s1. The van der Waals surface area contributed by atoms with Gasteiger partial charge in [0.05, 0.1) is 22.7 Å². The second kappa shape index (κ2) is 5.85. The Hall–Kier alpha value is -2.94. The molecule has 126 valence electrons. The highest BCUT2D eigenvalue weighted by Gasteiger charge is 2.50. The molecular weight excluding hydrogens is 316 g/mol. The van der Waals surface area contributed by atoms with Gasteiger partial charge >= 0.3 is 0 Å². The van der Waals surface area contributed by atoms with Gasteiger partial charge in [0.1, 0.15) is 5.41 Å². The smallest absolute Gasteiger partial charge is 0.269 e. The van der Waals surface area contributed by atoms with Crippen LogP contribution in [0.15, 0.2) is 42.6 Å². The fourth-order valence-corrected chi connectivity index (χ4v) is 4.32. The summed E-state index contributed by atoms with van der Waals surface area (Å²) in [6.45, 7) is 0.867. The molecule has 0 bridgehead atoms. The van der Waals surface area contributed by atoms with E-state index in [2.05, 4.69) is 16.0 Å². The second-order valence-corrected chi connectivity index (χ2v) is 6.75. The number of nitrogens with zero attached hydrogens (tertiary/aromatic N) is 4. The van der Waals surface area contributed by atoms with E-state index < -0.39 is 5.41 Å². The number of nitriles is 1. The third-order valence-corrected chi connectivity index (χ3v) is 5.45. The van der Waals surface area contributed by atoms with Crippen LogP contribution in [0.2, 0.25) is 0 Å². The lowest BCUT2D eigenvalue weighted by molar-refractivity contribution is -0.384. The Morgan fingerprint density at radius 1 is 1.32 bits per heavy atom. The van der Waals surface area contributed by atoms with Gasteiger partial charge in [-0.1, -0.05) is 6.07 Å². The minimum absolute atomic E-state index is 0.0510. The number of piperidine rings is 1. The number of fused-ring (bicyclic) bond motifs is 3. The van der Waals surface area contributed by atoms with E-state index in [1.807, 2.05) is 24.3 Å². The predicted octanol–water partition coefficient (Wildman–Crippen LogP) is 3.37. The summed E-state index contributed by atoms with van der Waals surface area (Å²) in [7, 11) is 0. The van der Waals surface area contributed by atoms with Crippen molar-refractivity contribution in [1.82, 2.24) is 4.98 Å². The van der Waals surface area contributed by atoms with Crippen molar-refractivity contribution in [3.05, 3.63) is 64.0 Å². The van der Waals surface area contributed by atoms with E-state index in [0.29, 0.717) is 6.42 Å². The minimum Gasteiger partial charge on any atom is -0.366 e. The monoisotopic (exact) mass is 334 g/mol. The second-order valence-electron chi connectivity index (χ2n) is 6.75. The molecule has 6 nitrogen and oxygen atoms in total. The summed E-state index contributed by atoms with van der Waals surface area (Å²) in [5, 5.41) is 21.4. The molecule has 0 radical (unpaired) electrons. The third-order valence-electron chi connectivity index (χ3n) is 5.45. The number of anilines is 1. The molecule has 1 aromatic carbocycles. The summed E-state index contributed by atoms with van der Waals surface area (Å²) in [5.74, 6) is 0. The van der Waals surface area contributed by atoms with Gasteiger partial charge in [-0.25, -0.2) is 0 Å². The molecule has 2 atom stereocenters. The first-order chi connectivity index (χ1) is 12.2. The zero-order valence-electron chi connectivity index (χ0n) is 13.8. The first kappa shape index (κ1) is 15.6. The molecule has 0 saturated carbocycles. The van der Waals surface area contributed by atoms with Gasteiger partial charge in [0.2, 0.25) is 0 Å². The van der Waals surface area contributed by atoms with Crippen molar-refractivity contribution in [3.8, 4) is 6.07 Å². The van der Waals surface area contributed by atoms with Gasteiger partial charge in [-0.05, 0) is 43.0 Å². The summed E-state index contributed by atoms with van der Waals surface area (Å²) >= 11 is 0. The molecule has 2 aliphatic rings. The van der Waals surface area contributed by atoms with Crippen LogP contribution in [0.4, 0.5) is 11.4 Å². The molecule has 0 N–H and O–H groups in total. The van der Waals surface area contributed by atoms with Crippen molar-refractivity contribution < 1.29 is 4.92 Å². The SMILES string of the molecule is N#C[C@@]1(c2ccccn2)Cc2cc([N+](=O)[O-])ccc2N2CCCC[C@H]21. The molecule has 0 unspecified atom stereocenters. The van der Waals surface area contributed by atoms with E-state index in [0.717, 1.165) is 42.8 Å². The molecule has 6 heteroatoms. The van der Waals surface area contributed by atoms with Gasteiger partial charge in [-0.2, -0.15) is 5.26 Å². The Kier molecular flexibility index (Phi) is 3.65. The predicted molar refractivity (Wildman–Crippen MR) is 93.3 cm³/mol. The number of nitro groups is 1. The lowest BCUT2D eigenvalue weighted by atomic mass is 9.67. The molecule has 0 aliphatic carbocycles. The average molecular weight is 334 g/mol. The summed E-state index contributed by atoms with van der Waals surface area (Å²) in [6, 6.07) is 13.3. The van der Waals surface area contributed by atoms with Gasteiger partial charge in [-0.15, -0.1) is 0 Å². The Morgan fingerprint density at radius 2 is 2.20 bits per heavy atom. The highest BCUT2D eigenvalue weighted by atomic mass is 16.6. The average Bonchev–Trinajstić information content (AvgIpc) is 2.67. The van der Waals surface area contributed by atoms with E-state index in [9.17, 15) is 15.4 Å². The summed E-state index contributed by atoms with van der Waals surface area (Å²) in [4.78, 5) is 17.6. The maximum absolute atomic E-state index is 11.2. The fraction of sp³-hybridized carbons (Fsp3) is 0.368. The van der Waals surface area contributed by atoms with E-state index in [1.54, 1.807) is 18.3 Å². The Morgan fingerprint density at radius 3 is 2.92 bits per heavy atom. The summed E-state index contributed by atoms with van der Waals surface area (Å²) < 4.78 is 0. The number of rotatable bonds is 2. The van der Waals surface area contributed by atoms with Crippen molar-refractivity contribution in [2.45, 2.75) is 37.1 Å². The van der Waals surface area contributed by atoms with E-state index in [1.165, 1.54) is 0 Å². The first-order valence-corrected chi connectivity index (χ1v) is 8.52. The van der Waals surface area contributed by atoms with Crippen molar-refractivity contribution >= 4 is 11.4 Å². The third kappa shape index (κ3) is 2.35. The van der Waals surface area contributed by atoms with Crippen LogP contribution in [0.3, 0.4) is 0 Å². The molecule has 0 amide bonds. The van der Waals surface area contributed by atoms with Crippen LogP contribution in [-0.2, 0) is 11.8 Å². The van der Waals surface area contributed by atoms with Gasteiger partial charge in [0.15, 0.2) is 0 Å². The molecule has 2 aromatic rings. The number of benzene rings is 1. The molecule has 25 heavy (non-hydrogen) atoms. The zero-order valence-corrected chi connectivity index (χ0v) is 13.8. The largest absolute Gasteiger partial charge is 0.366 e. The van der Waals surface area contributed by atoms with Crippen molar-refractivity contribution in [3.63, 3.8) is 0 Å². The van der Waals surface area contributed by atoms with Gasteiger partial charge in [0.25, 0.3) is 5.69 Å². The first-order valence-electron chi connectivity index (χ1n) is 8.52. The van der Waals surface area contributed by atoms with Gasteiger partial charge < -0.3 is 4.90 Å². The summed E-state index contributed by atoms with van der Waals surface area (Å²) in [5.41, 5.74) is 1.94. The van der Waals surface area contributed by atoms with Crippen LogP contribution in [0.1, 0.15) is 30.5 Å². The van der Waals surface area contributed by atoms with E-state index >= 15 is 0 Å².